The Labute approximate surface area is 102 Å². The van der Waals surface area contributed by atoms with Gasteiger partial charge in [0, 0.05) is 37.9 Å². The molecule has 17 heavy (non-hydrogen) atoms. The molecule has 0 spiro atoms. The van der Waals surface area contributed by atoms with Crippen LogP contribution in [0.1, 0.15) is 6.42 Å². The molecule has 94 valence electrons. The van der Waals surface area contributed by atoms with E-state index in [4.69, 9.17) is 15.2 Å². The van der Waals surface area contributed by atoms with Crippen molar-refractivity contribution in [2.75, 3.05) is 44.5 Å². The van der Waals surface area contributed by atoms with Gasteiger partial charge >= 0.3 is 0 Å². The molecule has 4 heteroatoms. The van der Waals surface area contributed by atoms with Crippen LogP contribution in [0.25, 0.3) is 0 Å². The first-order chi connectivity index (χ1) is 8.24. The van der Waals surface area contributed by atoms with E-state index in [2.05, 4.69) is 4.90 Å². The molecular formula is C13H20N2O2. The zero-order valence-corrected chi connectivity index (χ0v) is 10.5. The number of nitrogens with zero attached hydrogens (tertiary/aromatic N) is 1. The third-order valence-corrected chi connectivity index (χ3v) is 3.27. The summed E-state index contributed by atoms with van der Waals surface area (Å²) in [6, 6.07) is 5.95. The van der Waals surface area contributed by atoms with Crippen LogP contribution >= 0.6 is 0 Å². The maximum Gasteiger partial charge on any atom is 0.143 e. The zero-order chi connectivity index (χ0) is 12.3. The smallest absolute Gasteiger partial charge is 0.143 e. The summed E-state index contributed by atoms with van der Waals surface area (Å²) < 4.78 is 10.4. The van der Waals surface area contributed by atoms with E-state index < -0.39 is 0 Å². The molecule has 0 bridgehead atoms. The molecule has 1 fully saturated rings. The van der Waals surface area contributed by atoms with Crippen molar-refractivity contribution in [2.24, 2.45) is 5.92 Å². The van der Waals surface area contributed by atoms with Crippen LogP contribution in [0.15, 0.2) is 18.2 Å². The Morgan fingerprint density at radius 3 is 2.94 bits per heavy atom. The van der Waals surface area contributed by atoms with E-state index in [1.165, 1.54) is 12.1 Å². The highest BCUT2D eigenvalue weighted by Crippen LogP contribution is 2.30. The van der Waals surface area contributed by atoms with Gasteiger partial charge in [0.25, 0.3) is 0 Å². The summed E-state index contributed by atoms with van der Waals surface area (Å²) in [4.78, 5) is 2.35. The third kappa shape index (κ3) is 2.64. The van der Waals surface area contributed by atoms with Gasteiger partial charge in [0.05, 0.1) is 19.4 Å². The lowest BCUT2D eigenvalue weighted by Gasteiger charge is -2.19. The fourth-order valence-corrected chi connectivity index (χ4v) is 2.34. The van der Waals surface area contributed by atoms with Gasteiger partial charge in [-0.05, 0) is 18.6 Å². The Kier molecular flexibility index (Phi) is 3.74. The largest absolute Gasteiger partial charge is 0.495 e. The summed E-state index contributed by atoms with van der Waals surface area (Å²) in [5.74, 6) is 1.38. The molecule has 0 aromatic heterocycles. The van der Waals surface area contributed by atoms with Crippen LogP contribution in [0.4, 0.5) is 11.4 Å². The molecule has 1 aliphatic rings. The SMILES string of the molecule is COCC1CCN(c2ccc(N)c(OC)c2)C1. The van der Waals surface area contributed by atoms with Crippen LogP contribution in [-0.4, -0.2) is 33.9 Å². The average Bonchev–Trinajstić information content (AvgIpc) is 2.79. The molecular weight excluding hydrogens is 216 g/mol. The Hall–Kier alpha value is -1.42. The number of nitrogens with two attached hydrogens (primary N) is 1. The number of hydrogen-bond donors (Lipinski definition) is 1. The predicted molar refractivity (Wildman–Crippen MR) is 69.6 cm³/mol. The molecule has 1 heterocycles. The lowest BCUT2D eigenvalue weighted by atomic mass is 10.1. The maximum absolute atomic E-state index is 5.81. The lowest BCUT2D eigenvalue weighted by Crippen LogP contribution is -2.20. The van der Waals surface area contributed by atoms with Crippen LogP contribution in [0.3, 0.4) is 0 Å². The van der Waals surface area contributed by atoms with Crippen LogP contribution < -0.4 is 15.4 Å². The van der Waals surface area contributed by atoms with Gasteiger partial charge in [0.2, 0.25) is 0 Å². The topological polar surface area (TPSA) is 47.7 Å². The first-order valence-corrected chi connectivity index (χ1v) is 5.92. The van der Waals surface area contributed by atoms with Gasteiger partial charge < -0.3 is 20.1 Å². The zero-order valence-electron chi connectivity index (χ0n) is 10.5. The summed E-state index contributed by atoms with van der Waals surface area (Å²) in [6.45, 7) is 2.95. The molecule has 2 rings (SSSR count). The molecule has 1 atom stereocenters. The van der Waals surface area contributed by atoms with E-state index in [0.29, 0.717) is 11.6 Å². The number of rotatable bonds is 4. The summed E-state index contributed by atoms with van der Waals surface area (Å²) in [5, 5.41) is 0. The molecule has 0 saturated carbocycles. The first-order valence-electron chi connectivity index (χ1n) is 5.92. The number of hydrogen-bond acceptors (Lipinski definition) is 4. The molecule has 1 unspecified atom stereocenters. The van der Waals surface area contributed by atoms with Gasteiger partial charge in [-0.3, -0.25) is 0 Å². The monoisotopic (exact) mass is 236 g/mol. The van der Waals surface area contributed by atoms with Gasteiger partial charge in [-0.15, -0.1) is 0 Å². The molecule has 2 N–H and O–H groups in total. The standard InChI is InChI=1S/C13H20N2O2/c1-16-9-10-5-6-15(8-10)11-3-4-12(14)13(7-11)17-2/h3-4,7,10H,5-6,8-9,14H2,1-2H3. The van der Waals surface area contributed by atoms with Crippen LogP contribution in [0.5, 0.6) is 5.75 Å². The molecule has 1 saturated heterocycles. The van der Waals surface area contributed by atoms with E-state index in [9.17, 15) is 0 Å². The third-order valence-electron chi connectivity index (χ3n) is 3.27. The number of anilines is 2. The van der Waals surface area contributed by atoms with Gasteiger partial charge in [-0.25, -0.2) is 0 Å². The summed E-state index contributed by atoms with van der Waals surface area (Å²) in [5.41, 5.74) is 7.67. The van der Waals surface area contributed by atoms with Crippen molar-refractivity contribution >= 4 is 11.4 Å². The van der Waals surface area contributed by atoms with E-state index >= 15 is 0 Å². The van der Waals surface area contributed by atoms with Gasteiger partial charge in [0.1, 0.15) is 5.75 Å². The quantitative estimate of drug-likeness (QED) is 0.809. The Balaban J connectivity index is 2.08. The molecule has 0 amide bonds. The Bertz CT molecular complexity index is 382. The normalized spacial score (nSPS) is 19.6. The summed E-state index contributed by atoms with van der Waals surface area (Å²) in [6.07, 6.45) is 1.18. The molecule has 0 radical (unpaired) electrons. The minimum atomic E-state index is 0.628. The second-order valence-electron chi connectivity index (χ2n) is 4.48. The second kappa shape index (κ2) is 5.27. The highest BCUT2D eigenvalue weighted by Gasteiger charge is 2.22. The molecule has 1 aromatic rings. The van der Waals surface area contributed by atoms with E-state index in [0.717, 1.165) is 25.4 Å². The van der Waals surface area contributed by atoms with Crippen molar-refractivity contribution in [1.29, 1.82) is 0 Å². The van der Waals surface area contributed by atoms with Crippen molar-refractivity contribution in [3.05, 3.63) is 18.2 Å². The molecule has 4 nitrogen and oxygen atoms in total. The fraction of sp³-hybridized carbons (Fsp3) is 0.538. The molecule has 1 aromatic carbocycles. The minimum Gasteiger partial charge on any atom is -0.495 e. The van der Waals surface area contributed by atoms with Gasteiger partial charge in [0.15, 0.2) is 0 Å². The number of benzene rings is 1. The van der Waals surface area contributed by atoms with Crippen molar-refractivity contribution in [1.82, 2.24) is 0 Å². The van der Waals surface area contributed by atoms with Gasteiger partial charge in [-0.1, -0.05) is 0 Å². The summed E-state index contributed by atoms with van der Waals surface area (Å²) in [7, 11) is 3.40. The lowest BCUT2D eigenvalue weighted by molar-refractivity contribution is 0.161. The van der Waals surface area contributed by atoms with E-state index in [1.54, 1.807) is 14.2 Å². The summed E-state index contributed by atoms with van der Waals surface area (Å²) >= 11 is 0. The van der Waals surface area contributed by atoms with Crippen LogP contribution in [-0.2, 0) is 4.74 Å². The van der Waals surface area contributed by atoms with Crippen LogP contribution in [0.2, 0.25) is 0 Å². The predicted octanol–water partition coefficient (Wildman–Crippen LogP) is 1.75. The second-order valence-corrected chi connectivity index (χ2v) is 4.48. The highest BCUT2D eigenvalue weighted by atomic mass is 16.5. The minimum absolute atomic E-state index is 0.628. The number of nitrogen functional groups attached to an aromatic ring is 1. The fourth-order valence-electron chi connectivity index (χ4n) is 2.34. The molecule has 0 aliphatic carbocycles. The van der Waals surface area contributed by atoms with Crippen molar-refractivity contribution in [3.8, 4) is 5.75 Å². The van der Waals surface area contributed by atoms with Gasteiger partial charge in [-0.2, -0.15) is 0 Å². The maximum atomic E-state index is 5.81. The Morgan fingerprint density at radius 2 is 2.24 bits per heavy atom. The van der Waals surface area contributed by atoms with Crippen molar-refractivity contribution in [3.63, 3.8) is 0 Å². The van der Waals surface area contributed by atoms with E-state index in [1.807, 2.05) is 18.2 Å². The van der Waals surface area contributed by atoms with E-state index in [-0.39, 0.29) is 0 Å². The number of methoxy groups -OCH3 is 2. The van der Waals surface area contributed by atoms with Crippen LogP contribution in [0, 0.1) is 5.92 Å². The number of ether oxygens (including phenoxy) is 2. The van der Waals surface area contributed by atoms with Crippen molar-refractivity contribution in [2.45, 2.75) is 6.42 Å². The molecule has 1 aliphatic heterocycles. The first kappa shape index (κ1) is 12.0. The van der Waals surface area contributed by atoms with Crippen molar-refractivity contribution < 1.29 is 9.47 Å². The highest BCUT2D eigenvalue weighted by molar-refractivity contribution is 5.62. The average molecular weight is 236 g/mol. The Morgan fingerprint density at radius 1 is 1.41 bits per heavy atom.